The summed E-state index contributed by atoms with van der Waals surface area (Å²) in [4.78, 5) is 23.7. The lowest BCUT2D eigenvalue weighted by Gasteiger charge is -2.49. The van der Waals surface area contributed by atoms with Gasteiger partial charge in [-0.25, -0.2) is 27.3 Å². The Hall–Kier alpha value is -2.42. The lowest BCUT2D eigenvalue weighted by atomic mass is 9.89. The number of carbonyl (C=O) groups is 1. The number of nitrogens with one attached hydrogen (secondary N) is 2. The SMILES string of the molecule is CS(=O)(=O)N[C@@H]1C[C@H]2COC[C@@H](C1)N2CC1=C(C(=O)O)[C@H](c2ccc(F)cc2Cl)N=C(c2nccs2)N1. The number of ether oxygens (including phenoxy) is 1. The maximum atomic E-state index is 13.8. The molecule has 3 aliphatic heterocycles. The molecule has 0 spiro atoms. The number of benzene rings is 1. The number of aromatic nitrogens is 1. The average molecular weight is 570 g/mol. The summed E-state index contributed by atoms with van der Waals surface area (Å²) in [7, 11) is -3.37. The summed E-state index contributed by atoms with van der Waals surface area (Å²) in [5.74, 6) is -1.31. The van der Waals surface area contributed by atoms with Crippen molar-refractivity contribution >= 4 is 44.8 Å². The zero-order chi connectivity index (χ0) is 26.3. The first-order valence-corrected chi connectivity index (χ1v) is 14.7. The summed E-state index contributed by atoms with van der Waals surface area (Å²) < 4.78 is 45.9. The van der Waals surface area contributed by atoms with Gasteiger partial charge in [0.2, 0.25) is 10.0 Å². The summed E-state index contributed by atoms with van der Waals surface area (Å²) in [5.41, 5.74) is 0.793. The molecule has 0 saturated carbocycles. The van der Waals surface area contributed by atoms with Crippen LogP contribution in [0.15, 0.2) is 46.0 Å². The predicted molar refractivity (Wildman–Crippen MR) is 137 cm³/mol. The van der Waals surface area contributed by atoms with Crippen LogP contribution in [0.3, 0.4) is 0 Å². The first kappa shape index (κ1) is 26.2. The second-order valence-electron chi connectivity index (χ2n) is 9.28. The number of morpholine rings is 1. The molecule has 0 radical (unpaired) electrons. The highest BCUT2D eigenvalue weighted by molar-refractivity contribution is 7.88. The van der Waals surface area contributed by atoms with Gasteiger partial charge in [0.25, 0.3) is 0 Å². The van der Waals surface area contributed by atoms with Crippen molar-refractivity contribution in [1.29, 1.82) is 0 Å². The molecule has 14 heteroatoms. The van der Waals surface area contributed by atoms with E-state index in [0.717, 1.165) is 12.3 Å². The minimum absolute atomic E-state index is 0.00388. The van der Waals surface area contributed by atoms with E-state index in [4.69, 9.17) is 16.3 Å². The number of aliphatic carboxylic acids is 1. The number of carboxylic acid groups (broad SMARTS) is 1. The third-order valence-corrected chi connectivity index (χ3v) is 8.51. The van der Waals surface area contributed by atoms with Gasteiger partial charge in [0, 0.05) is 52.5 Å². The van der Waals surface area contributed by atoms with Gasteiger partial charge in [-0.3, -0.25) is 9.89 Å². The monoisotopic (exact) mass is 569 g/mol. The number of fused-ring (bicyclic) bond motifs is 2. The maximum absolute atomic E-state index is 13.8. The van der Waals surface area contributed by atoms with Crippen molar-refractivity contribution < 1.29 is 27.4 Å². The molecule has 1 aromatic carbocycles. The van der Waals surface area contributed by atoms with Gasteiger partial charge in [0.1, 0.15) is 11.9 Å². The molecule has 3 N–H and O–H groups in total. The minimum Gasteiger partial charge on any atom is -0.478 e. The third-order valence-electron chi connectivity index (χ3n) is 6.64. The van der Waals surface area contributed by atoms with E-state index in [-0.39, 0.29) is 35.3 Å². The highest BCUT2D eigenvalue weighted by Gasteiger charge is 2.42. The van der Waals surface area contributed by atoms with Crippen LogP contribution in [0.2, 0.25) is 5.02 Å². The fourth-order valence-electron chi connectivity index (χ4n) is 5.20. The van der Waals surface area contributed by atoms with Crippen LogP contribution in [-0.4, -0.2) is 79.4 Å². The van der Waals surface area contributed by atoms with Gasteiger partial charge in [-0.2, -0.15) is 0 Å². The van der Waals surface area contributed by atoms with Crippen LogP contribution in [0.4, 0.5) is 4.39 Å². The number of nitrogens with zero attached hydrogens (tertiary/aromatic N) is 3. The standard InChI is InChI=1S/C23H25ClFN5O5S2/c1-37(33,34)29-13-7-14-10-35-11-15(8-13)30(14)9-18-19(23(31)32)20(16-3-2-12(25)6-17(16)24)28-21(27-18)22-26-4-5-36-22/h2-6,13-15,20,29H,7-11H2,1H3,(H,27,28)(H,31,32)/t13-,14+,15-,20-/m0/s1. The molecular formula is C23H25ClFN5O5S2. The zero-order valence-electron chi connectivity index (χ0n) is 19.7. The molecule has 0 aliphatic carbocycles. The molecule has 2 bridgehead atoms. The number of halogens is 2. The van der Waals surface area contributed by atoms with Crippen molar-refractivity contribution in [3.8, 4) is 0 Å². The van der Waals surface area contributed by atoms with E-state index < -0.39 is 27.9 Å². The largest absolute Gasteiger partial charge is 0.478 e. The van der Waals surface area contributed by atoms with Crippen molar-refractivity contribution in [3.05, 3.63) is 62.5 Å². The van der Waals surface area contributed by atoms with E-state index >= 15 is 0 Å². The summed E-state index contributed by atoms with van der Waals surface area (Å²) >= 11 is 7.70. The number of aliphatic imine (C=N–C) groups is 1. The molecule has 5 rings (SSSR count). The lowest BCUT2D eigenvalue weighted by Crippen LogP contribution is -2.61. The minimum atomic E-state index is -3.37. The van der Waals surface area contributed by atoms with Crippen LogP contribution < -0.4 is 10.0 Å². The number of rotatable bonds is 7. The van der Waals surface area contributed by atoms with E-state index in [2.05, 4.69) is 24.9 Å². The summed E-state index contributed by atoms with van der Waals surface area (Å²) in [5, 5.41) is 15.9. The summed E-state index contributed by atoms with van der Waals surface area (Å²) in [6.07, 6.45) is 3.82. The molecule has 0 unspecified atom stereocenters. The van der Waals surface area contributed by atoms with Gasteiger partial charge in [-0.15, -0.1) is 11.3 Å². The fourth-order valence-corrected chi connectivity index (χ4v) is 6.85. The van der Waals surface area contributed by atoms with Crippen LogP contribution >= 0.6 is 22.9 Å². The van der Waals surface area contributed by atoms with Crippen molar-refractivity contribution in [2.45, 2.75) is 37.0 Å². The Morgan fingerprint density at radius 3 is 2.68 bits per heavy atom. The maximum Gasteiger partial charge on any atom is 0.335 e. The van der Waals surface area contributed by atoms with Gasteiger partial charge in [0.05, 0.1) is 25.0 Å². The summed E-state index contributed by atoms with van der Waals surface area (Å²) in [6, 6.07) is 2.36. The third kappa shape index (κ3) is 5.71. The van der Waals surface area contributed by atoms with E-state index in [1.54, 1.807) is 11.6 Å². The zero-order valence-corrected chi connectivity index (χ0v) is 22.1. The van der Waals surface area contributed by atoms with Gasteiger partial charge < -0.3 is 15.2 Å². The Morgan fingerprint density at radius 2 is 2.08 bits per heavy atom. The average Bonchev–Trinajstić information content (AvgIpc) is 3.33. The molecule has 1 aromatic heterocycles. The number of thiazole rings is 1. The van der Waals surface area contributed by atoms with Crippen LogP contribution in [-0.2, 0) is 19.6 Å². The first-order valence-electron chi connectivity index (χ1n) is 11.6. The molecule has 4 atom stereocenters. The van der Waals surface area contributed by atoms with Gasteiger partial charge in [-0.05, 0) is 25.0 Å². The van der Waals surface area contributed by atoms with Crippen LogP contribution in [0.1, 0.15) is 29.5 Å². The first-order chi connectivity index (χ1) is 17.6. The topological polar surface area (TPSA) is 133 Å². The van der Waals surface area contributed by atoms with Crippen molar-refractivity contribution in [3.63, 3.8) is 0 Å². The second kappa shape index (κ2) is 10.4. The predicted octanol–water partition coefficient (Wildman–Crippen LogP) is 2.15. The van der Waals surface area contributed by atoms with Crippen molar-refractivity contribution in [2.24, 2.45) is 4.99 Å². The Kier molecular flexibility index (Phi) is 7.35. The van der Waals surface area contributed by atoms with Crippen LogP contribution in [0.5, 0.6) is 0 Å². The molecular weight excluding hydrogens is 545 g/mol. The molecule has 4 heterocycles. The molecule has 2 fully saturated rings. The lowest BCUT2D eigenvalue weighted by molar-refractivity contribution is -0.133. The van der Waals surface area contributed by atoms with Gasteiger partial charge >= 0.3 is 5.97 Å². The van der Waals surface area contributed by atoms with Crippen LogP contribution in [0, 0.1) is 5.82 Å². The second-order valence-corrected chi connectivity index (χ2v) is 12.4. The number of carboxylic acids is 1. The Bertz CT molecular complexity index is 1350. The molecule has 3 aliphatic rings. The van der Waals surface area contributed by atoms with Gasteiger partial charge in [0.15, 0.2) is 10.8 Å². The van der Waals surface area contributed by atoms with Crippen LogP contribution in [0.25, 0.3) is 0 Å². The van der Waals surface area contributed by atoms with E-state index in [1.807, 2.05) is 0 Å². The molecule has 198 valence electrons. The number of piperidine rings is 1. The molecule has 10 nitrogen and oxygen atoms in total. The quantitative estimate of drug-likeness (QED) is 0.462. The normalized spacial score (nSPS) is 26.5. The van der Waals surface area contributed by atoms with Crippen molar-refractivity contribution in [2.75, 3.05) is 26.0 Å². The highest BCUT2D eigenvalue weighted by Crippen LogP contribution is 2.37. The molecule has 2 aromatic rings. The highest BCUT2D eigenvalue weighted by atomic mass is 35.5. The molecule has 2 saturated heterocycles. The molecule has 0 amide bonds. The Labute approximate surface area is 222 Å². The summed E-state index contributed by atoms with van der Waals surface area (Å²) in [6.45, 7) is 1.04. The van der Waals surface area contributed by atoms with E-state index in [1.165, 1.54) is 23.5 Å². The smallest absolute Gasteiger partial charge is 0.335 e. The Morgan fingerprint density at radius 1 is 1.35 bits per heavy atom. The number of hydrogen-bond acceptors (Lipinski definition) is 9. The van der Waals surface area contributed by atoms with E-state index in [9.17, 15) is 22.7 Å². The Balaban J connectivity index is 1.52. The number of amidine groups is 1. The van der Waals surface area contributed by atoms with Crippen molar-refractivity contribution in [1.82, 2.24) is 19.9 Å². The van der Waals surface area contributed by atoms with Gasteiger partial charge in [-0.1, -0.05) is 17.7 Å². The fraction of sp³-hybridized carbons (Fsp3) is 0.435. The van der Waals surface area contributed by atoms with E-state index in [0.29, 0.717) is 48.2 Å². The molecule has 37 heavy (non-hydrogen) atoms. The number of sulfonamides is 1. The number of hydrogen-bond donors (Lipinski definition) is 3.